The van der Waals surface area contributed by atoms with E-state index in [0.717, 1.165) is 53.2 Å². The standard InChI is InChI=1S/C31H29F3N2O3/c1-3-35-10-4-6-19-13-23-27(15-25(19)35)39-28-16-26-20(7-5-11-36(26)17-31(32,33)34)14-24(28)29(23)22-12-18(2)8-9-21(22)30(37)38/h8-9,12-16H,3-7,10-11,17H2,1-2H3/p+1. The number of carboxylic acid groups (broad SMARTS) is 1. The minimum absolute atomic E-state index is 0.179. The van der Waals surface area contributed by atoms with Crippen LogP contribution in [-0.4, -0.2) is 43.4 Å². The number of carboxylic acids is 1. The summed E-state index contributed by atoms with van der Waals surface area (Å²) in [5.74, 6) is 0.00563. The van der Waals surface area contributed by atoms with Crippen molar-refractivity contribution in [3.63, 3.8) is 0 Å². The molecule has 0 fully saturated rings. The Hall–Kier alpha value is -3.81. The Labute approximate surface area is 224 Å². The zero-order valence-electron chi connectivity index (χ0n) is 22.0. The quantitative estimate of drug-likeness (QED) is 0.381. The third kappa shape index (κ3) is 4.56. The molecule has 0 bridgehead atoms. The number of aryl methyl sites for hydroxylation is 3. The molecule has 0 unspecified atom stereocenters. The summed E-state index contributed by atoms with van der Waals surface area (Å²) in [7, 11) is 0. The Balaban J connectivity index is 1.67. The molecule has 1 N–H and O–H groups in total. The second kappa shape index (κ2) is 9.43. The average Bonchev–Trinajstić information content (AvgIpc) is 2.88. The number of benzene rings is 3. The maximum Gasteiger partial charge on any atom is 0.405 e. The van der Waals surface area contributed by atoms with Crippen molar-refractivity contribution in [3.05, 3.63) is 86.4 Å². The minimum Gasteiger partial charge on any atom is -0.478 e. The number of rotatable bonds is 4. The van der Waals surface area contributed by atoms with Crippen molar-refractivity contribution >= 4 is 17.2 Å². The summed E-state index contributed by atoms with van der Waals surface area (Å²) < 4.78 is 49.0. The van der Waals surface area contributed by atoms with Crippen LogP contribution in [0.1, 0.15) is 57.9 Å². The highest BCUT2D eigenvalue weighted by Gasteiger charge is 2.34. The van der Waals surface area contributed by atoms with Gasteiger partial charge in [-0.2, -0.15) is 13.2 Å². The van der Waals surface area contributed by atoms with E-state index < -0.39 is 18.7 Å². The molecule has 6 rings (SSSR count). The van der Waals surface area contributed by atoms with E-state index in [1.807, 2.05) is 25.1 Å². The van der Waals surface area contributed by atoms with E-state index in [2.05, 4.69) is 17.6 Å². The number of hydrogen-bond acceptors (Lipinski definition) is 3. The van der Waals surface area contributed by atoms with Gasteiger partial charge in [0, 0.05) is 46.6 Å². The Kier molecular flexibility index (Phi) is 6.16. The summed E-state index contributed by atoms with van der Waals surface area (Å²) in [4.78, 5) is 13.7. The predicted octanol–water partition coefficient (Wildman–Crippen LogP) is 4.82. The van der Waals surface area contributed by atoms with Gasteiger partial charge >= 0.3 is 12.1 Å². The number of anilines is 1. The van der Waals surface area contributed by atoms with Crippen LogP contribution in [0.4, 0.5) is 18.9 Å². The van der Waals surface area contributed by atoms with Gasteiger partial charge < -0.3 is 14.7 Å². The summed E-state index contributed by atoms with van der Waals surface area (Å²) in [6.07, 6.45) is -1.13. The van der Waals surface area contributed by atoms with E-state index in [1.54, 1.807) is 18.2 Å². The van der Waals surface area contributed by atoms with Gasteiger partial charge in [-0.25, -0.2) is 9.37 Å². The molecular weight excluding hydrogens is 505 g/mol. The highest BCUT2D eigenvalue weighted by molar-refractivity contribution is 5.98. The highest BCUT2D eigenvalue weighted by Crippen LogP contribution is 2.43. The van der Waals surface area contributed by atoms with E-state index in [-0.39, 0.29) is 5.56 Å². The van der Waals surface area contributed by atoms with Gasteiger partial charge in [0.25, 0.3) is 0 Å². The second-order valence-corrected chi connectivity index (χ2v) is 10.6. The van der Waals surface area contributed by atoms with Crippen molar-refractivity contribution in [2.24, 2.45) is 0 Å². The Morgan fingerprint density at radius 1 is 1.03 bits per heavy atom. The summed E-state index contributed by atoms with van der Waals surface area (Å²) in [5.41, 5.74) is 5.67. The first-order valence-electron chi connectivity index (χ1n) is 13.4. The second-order valence-electron chi connectivity index (χ2n) is 10.6. The SMILES string of the molecule is CC[N+]1=c2cc3c(cc2CCC1)=C(c1cc(C)ccc1C(=O)O)c1cc2c(cc1O3)N(CC(F)(F)F)CCC2. The molecule has 202 valence electrons. The molecule has 0 spiro atoms. The predicted molar refractivity (Wildman–Crippen MR) is 144 cm³/mol. The van der Waals surface area contributed by atoms with Crippen LogP contribution in [0.25, 0.3) is 5.57 Å². The summed E-state index contributed by atoms with van der Waals surface area (Å²) in [5, 5.41) is 12.0. The summed E-state index contributed by atoms with van der Waals surface area (Å²) in [6, 6.07) is 13.0. The van der Waals surface area contributed by atoms with Crippen LogP contribution in [0.15, 0.2) is 42.5 Å². The molecule has 8 heteroatoms. The lowest BCUT2D eigenvalue weighted by molar-refractivity contribution is -0.119. The molecule has 0 aromatic heterocycles. The first kappa shape index (κ1) is 25.5. The number of aromatic carboxylic acids is 1. The van der Waals surface area contributed by atoms with Gasteiger partial charge in [0.15, 0.2) is 0 Å². The largest absolute Gasteiger partial charge is 0.478 e. The summed E-state index contributed by atoms with van der Waals surface area (Å²) in [6.45, 7) is 5.11. The fourth-order valence-corrected chi connectivity index (χ4v) is 6.25. The third-order valence-electron chi connectivity index (χ3n) is 7.98. The molecule has 3 aliphatic heterocycles. The molecule has 3 heterocycles. The van der Waals surface area contributed by atoms with Crippen LogP contribution in [0.2, 0.25) is 0 Å². The molecule has 0 atom stereocenters. The van der Waals surface area contributed by atoms with E-state index in [0.29, 0.717) is 47.7 Å². The Morgan fingerprint density at radius 3 is 2.56 bits per heavy atom. The molecular formula is C31H30F3N2O3+. The van der Waals surface area contributed by atoms with E-state index in [1.165, 1.54) is 10.5 Å². The zero-order chi connectivity index (χ0) is 27.5. The fraction of sp³-hybridized carbons (Fsp3) is 0.355. The number of fused-ring (bicyclic) bond motifs is 4. The van der Waals surface area contributed by atoms with Crippen molar-refractivity contribution < 1.29 is 27.8 Å². The average molecular weight is 536 g/mol. The molecule has 3 aromatic rings. The molecule has 0 amide bonds. The number of ether oxygens (including phenoxy) is 1. The van der Waals surface area contributed by atoms with Gasteiger partial charge in [0.2, 0.25) is 5.36 Å². The topological polar surface area (TPSA) is 52.8 Å². The lowest BCUT2D eigenvalue weighted by atomic mass is 9.86. The molecule has 0 saturated carbocycles. The van der Waals surface area contributed by atoms with Crippen LogP contribution in [0, 0.1) is 6.92 Å². The van der Waals surface area contributed by atoms with Crippen molar-refractivity contribution in [2.75, 3.05) is 31.1 Å². The lowest BCUT2D eigenvalue weighted by Gasteiger charge is -2.34. The molecule has 3 aliphatic rings. The van der Waals surface area contributed by atoms with Gasteiger partial charge in [-0.3, -0.25) is 0 Å². The van der Waals surface area contributed by atoms with Crippen LogP contribution in [0.3, 0.4) is 0 Å². The van der Waals surface area contributed by atoms with Crippen molar-refractivity contribution in [1.82, 2.24) is 4.58 Å². The Morgan fingerprint density at radius 2 is 1.82 bits per heavy atom. The zero-order valence-corrected chi connectivity index (χ0v) is 22.0. The van der Waals surface area contributed by atoms with Crippen molar-refractivity contribution in [1.29, 1.82) is 0 Å². The normalized spacial score (nSPS) is 16.2. The molecule has 3 aromatic carbocycles. The minimum atomic E-state index is -4.32. The van der Waals surface area contributed by atoms with Gasteiger partial charge in [-0.05, 0) is 62.4 Å². The smallest absolute Gasteiger partial charge is 0.405 e. The van der Waals surface area contributed by atoms with Crippen LogP contribution in [0.5, 0.6) is 11.5 Å². The van der Waals surface area contributed by atoms with Crippen LogP contribution in [-0.2, 0) is 12.8 Å². The molecule has 0 saturated heterocycles. The van der Waals surface area contributed by atoms with E-state index >= 15 is 0 Å². The molecule has 0 radical (unpaired) electrons. The van der Waals surface area contributed by atoms with Gasteiger partial charge in [-0.1, -0.05) is 17.7 Å². The molecule has 5 nitrogen and oxygen atoms in total. The monoisotopic (exact) mass is 535 g/mol. The summed E-state index contributed by atoms with van der Waals surface area (Å²) >= 11 is 0. The molecule has 39 heavy (non-hydrogen) atoms. The highest BCUT2D eigenvalue weighted by atomic mass is 19.4. The van der Waals surface area contributed by atoms with Gasteiger partial charge in [0.05, 0.1) is 11.6 Å². The van der Waals surface area contributed by atoms with Crippen LogP contribution >= 0.6 is 0 Å². The number of hydrogen-bond donors (Lipinski definition) is 1. The maximum atomic E-state index is 13.4. The van der Waals surface area contributed by atoms with Crippen molar-refractivity contribution in [2.45, 2.75) is 45.7 Å². The van der Waals surface area contributed by atoms with E-state index in [9.17, 15) is 23.1 Å². The first-order chi connectivity index (χ1) is 18.6. The van der Waals surface area contributed by atoms with E-state index in [4.69, 9.17) is 4.74 Å². The number of alkyl halides is 3. The van der Waals surface area contributed by atoms with Gasteiger partial charge in [-0.15, -0.1) is 0 Å². The Bertz CT molecular complexity index is 1640. The number of halogens is 3. The van der Waals surface area contributed by atoms with Crippen molar-refractivity contribution in [3.8, 4) is 11.5 Å². The number of nitrogens with zero attached hydrogens (tertiary/aromatic N) is 2. The maximum absolute atomic E-state index is 13.4. The van der Waals surface area contributed by atoms with Gasteiger partial charge in [0.1, 0.15) is 31.1 Å². The van der Waals surface area contributed by atoms with Crippen LogP contribution < -0.4 is 24.8 Å². The fourth-order valence-electron chi connectivity index (χ4n) is 6.25. The first-order valence-corrected chi connectivity index (χ1v) is 13.4. The third-order valence-corrected chi connectivity index (χ3v) is 7.98. The molecule has 0 aliphatic carbocycles. The number of carbonyl (C=O) groups is 1. The lowest BCUT2D eigenvalue weighted by Crippen LogP contribution is -2.39.